The predicted octanol–water partition coefficient (Wildman–Crippen LogP) is 4.80. The van der Waals surface area contributed by atoms with Gasteiger partial charge >= 0.3 is 0 Å². The molecule has 2 aromatic rings. The normalized spacial score (nSPS) is 10.4. The molecule has 0 aliphatic carbocycles. The van der Waals surface area contributed by atoms with Crippen molar-refractivity contribution in [2.24, 2.45) is 0 Å². The molecule has 1 aromatic carbocycles. The largest absolute Gasteiger partial charge is 0.354 e. The van der Waals surface area contributed by atoms with Gasteiger partial charge in [0.25, 0.3) is 0 Å². The summed E-state index contributed by atoms with van der Waals surface area (Å²) >= 11 is 6.54. The summed E-state index contributed by atoms with van der Waals surface area (Å²) < 4.78 is 14.8. The summed E-state index contributed by atoms with van der Waals surface area (Å²) in [6.45, 7) is 1.92. The third-order valence-corrected chi connectivity index (χ3v) is 3.55. The van der Waals surface area contributed by atoms with Gasteiger partial charge in [0, 0.05) is 18.1 Å². The molecule has 88 valence electrons. The van der Waals surface area contributed by atoms with E-state index in [0.29, 0.717) is 4.47 Å². The van der Waals surface area contributed by atoms with Gasteiger partial charge < -0.3 is 5.32 Å². The summed E-state index contributed by atoms with van der Waals surface area (Å²) in [6, 6.07) is 5.03. The molecule has 1 N–H and O–H groups in total. The van der Waals surface area contributed by atoms with Crippen molar-refractivity contribution in [3.63, 3.8) is 0 Å². The minimum Gasteiger partial charge on any atom is -0.354 e. The molecule has 0 aliphatic rings. The average Bonchev–Trinajstić information content (AvgIpc) is 2.29. The second kappa shape index (κ2) is 5.14. The number of aryl methyl sites for hydroxylation is 1. The molecule has 0 saturated heterocycles. The first kappa shape index (κ1) is 12.5. The average molecular weight is 360 g/mol. The topological polar surface area (TPSA) is 24.9 Å². The van der Waals surface area contributed by atoms with Gasteiger partial charge in [-0.2, -0.15) is 0 Å². The van der Waals surface area contributed by atoms with Gasteiger partial charge in [-0.15, -0.1) is 0 Å². The molecule has 0 spiro atoms. The van der Waals surface area contributed by atoms with E-state index >= 15 is 0 Å². The number of halogens is 3. The maximum Gasteiger partial charge on any atom is 0.139 e. The summed E-state index contributed by atoms with van der Waals surface area (Å²) in [5, 5.41) is 3.16. The monoisotopic (exact) mass is 358 g/mol. The first-order valence-corrected chi connectivity index (χ1v) is 6.48. The van der Waals surface area contributed by atoms with Crippen LogP contribution in [0.5, 0.6) is 0 Å². The maximum absolute atomic E-state index is 13.5. The number of rotatable bonds is 2. The van der Waals surface area contributed by atoms with Crippen LogP contribution in [0.15, 0.2) is 39.5 Å². The second-order valence-electron chi connectivity index (χ2n) is 3.56. The number of anilines is 2. The summed E-state index contributed by atoms with van der Waals surface area (Å²) in [4.78, 5) is 3.97. The summed E-state index contributed by atoms with van der Waals surface area (Å²) in [5.74, 6) is -0.289. The fourth-order valence-corrected chi connectivity index (χ4v) is 2.21. The fourth-order valence-electron chi connectivity index (χ4n) is 1.40. The molecule has 0 radical (unpaired) electrons. The van der Waals surface area contributed by atoms with Crippen molar-refractivity contribution >= 4 is 43.2 Å². The minimum atomic E-state index is -0.289. The van der Waals surface area contributed by atoms with E-state index < -0.39 is 0 Å². The summed E-state index contributed by atoms with van der Waals surface area (Å²) in [5.41, 5.74) is 2.55. The zero-order chi connectivity index (χ0) is 12.4. The molecular formula is C12H9Br2FN2. The van der Waals surface area contributed by atoms with E-state index in [1.54, 1.807) is 18.5 Å². The van der Waals surface area contributed by atoms with E-state index in [0.717, 1.165) is 21.4 Å². The third kappa shape index (κ3) is 2.84. The van der Waals surface area contributed by atoms with Crippen LogP contribution in [0.25, 0.3) is 0 Å². The van der Waals surface area contributed by atoms with E-state index in [1.807, 2.05) is 13.0 Å². The lowest BCUT2D eigenvalue weighted by Crippen LogP contribution is -1.96. The number of hydrogen-bond donors (Lipinski definition) is 1. The lowest BCUT2D eigenvalue weighted by atomic mass is 10.2. The van der Waals surface area contributed by atoms with Crippen LogP contribution < -0.4 is 5.32 Å². The lowest BCUT2D eigenvalue weighted by molar-refractivity contribution is 0.621. The van der Waals surface area contributed by atoms with Crippen molar-refractivity contribution in [1.82, 2.24) is 4.98 Å². The maximum atomic E-state index is 13.5. The number of nitrogens with zero attached hydrogens (tertiary/aromatic N) is 1. The first-order valence-electron chi connectivity index (χ1n) is 4.90. The number of benzene rings is 1. The molecular weight excluding hydrogens is 351 g/mol. The Morgan fingerprint density at radius 3 is 2.65 bits per heavy atom. The number of nitrogens with one attached hydrogen (secondary N) is 1. The van der Waals surface area contributed by atoms with Gasteiger partial charge in [-0.3, -0.25) is 4.98 Å². The molecule has 5 heteroatoms. The molecule has 2 rings (SSSR count). The molecule has 1 heterocycles. The van der Waals surface area contributed by atoms with Crippen molar-refractivity contribution in [3.8, 4) is 0 Å². The van der Waals surface area contributed by atoms with Crippen LogP contribution in [0.4, 0.5) is 15.8 Å². The Balaban J connectivity index is 2.37. The molecule has 0 unspecified atom stereocenters. The Bertz CT molecular complexity index is 558. The van der Waals surface area contributed by atoms with E-state index in [9.17, 15) is 4.39 Å². The van der Waals surface area contributed by atoms with Crippen molar-refractivity contribution < 1.29 is 4.39 Å². The predicted molar refractivity (Wildman–Crippen MR) is 74.1 cm³/mol. The zero-order valence-electron chi connectivity index (χ0n) is 8.97. The van der Waals surface area contributed by atoms with Gasteiger partial charge in [-0.1, -0.05) is 0 Å². The number of hydrogen-bond acceptors (Lipinski definition) is 2. The Hall–Kier alpha value is -0.940. The molecule has 0 atom stereocenters. The highest BCUT2D eigenvalue weighted by atomic mass is 79.9. The van der Waals surface area contributed by atoms with Gasteiger partial charge in [0.15, 0.2) is 0 Å². The van der Waals surface area contributed by atoms with Crippen molar-refractivity contribution in [3.05, 3.63) is 50.9 Å². The Morgan fingerprint density at radius 1 is 1.18 bits per heavy atom. The van der Waals surface area contributed by atoms with Gasteiger partial charge in [0.1, 0.15) is 5.82 Å². The minimum absolute atomic E-state index is 0.289. The summed E-state index contributed by atoms with van der Waals surface area (Å²) in [7, 11) is 0. The third-order valence-electron chi connectivity index (χ3n) is 2.31. The van der Waals surface area contributed by atoms with Gasteiger partial charge in [-0.05, 0) is 62.5 Å². The van der Waals surface area contributed by atoms with Crippen LogP contribution in [-0.2, 0) is 0 Å². The van der Waals surface area contributed by atoms with Gasteiger partial charge in [0.05, 0.1) is 14.6 Å². The highest BCUT2D eigenvalue weighted by Crippen LogP contribution is 2.29. The zero-order valence-corrected chi connectivity index (χ0v) is 12.1. The van der Waals surface area contributed by atoms with Crippen molar-refractivity contribution in [2.45, 2.75) is 6.92 Å². The Morgan fingerprint density at radius 2 is 1.94 bits per heavy atom. The highest BCUT2D eigenvalue weighted by molar-refractivity contribution is 9.10. The van der Waals surface area contributed by atoms with Crippen molar-refractivity contribution in [2.75, 3.05) is 5.32 Å². The van der Waals surface area contributed by atoms with E-state index in [4.69, 9.17) is 0 Å². The lowest BCUT2D eigenvalue weighted by Gasteiger charge is -2.11. The molecule has 2 nitrogen and oxygen atoms in total. The molecule has 1 aromatic heterocycles. The standard InChI is InChI=1S/C12H9Br2FN2/c1-7-4-8(13)10(15)5-12(7)17-11-2-3-16-6-9(11)14/h2-6H,1H3,(H,16,17). The molecule has 0 saturated carbocycles. The quantitative estimate of drug-likeness (QED) is 0.833. The Labute approximate surface area is 116 Å². The second-order valence-corrected chi connectivity index (χ2v) is 5.27. The first-order chi connectivity index (χ1) is 8.08. The summed E-state index contributed by atoms with van der Waals surface area (Å²) in [6.07, 6.45) is 3.37. The van der Waals surface area contributed by atoms with Crippen LogP contribution >= 0.6 is 31.9 Å². The molecule has 0 fully saturated rings. The van der Waals surface area contributed by atoms with E-state index in [-0.39, 0.29) is 5.82 Å². The highest BCUT2D eigenvalue weighted by Gasteiger charge is 2.07. The van der Waals surface area contributed by atoms with Crippen LogP contribution in [0.1, 0.15) is 5.56 Å². The van der Waals surface area contributed by atoms with Gasteiger partial charge in [0.2, 0.25) is 0 Å². The van der Waals surface area contributed by atoms with Gasteiger partial charge in [-0.25, -0.2) is 4.39 Å². The fraction of sp³-hybridized carbons (Fsp3) is 0.0833. The number of aromatic nitrogens is 1. The number of pyridine rings is 1. The Kier molecular flexibility index (Phi) is 3.79. The molecule has 0 bridgehead atoms. The molecule has 17 heavy (non-hydrogen) atoms. The van der Waals surface area contributed by atoms with Crippen LogP contribution in [0.3, 0.4) is 0 Å². The smallest absolute Gasteiger partial charge is 0.139 e. The van der Waals surface area contributed by atoms with Crippen LogP contribution in [-0.4, -0.2) is 4.98 Å². The SMILES string of the molecule is Cc1cc(Br)c(F)cc1Nc1ccncc1Br. The van der Waals surface area contributed by atoms with Crippen molar-refractivity contribution in [1.29, 1.82) is 0 Å². The van der Waals surface area contributed by atoms with E-state index in [2.05, 4.69) is 42.2 Å². The molecule has 0 amide bonds. The van der Waals surface area contributed by atoms with Crippen LogP contribution in [0.2, 0.25) is 0 Å². The van der Waals surface area contributed by atoms with Crippen LogP contribution in [0, 0.1) is 12.7 Å². The van der Waals surface area contributed by atoms with E-state index in [1.165, 1.54) is 6.07 Å². The molecule has 0 aliphatic heterocycles.